The van der Waals surface area contributed by atoms with E-state index in [1.54, 1.807) is 0 Å². The molecule has 0 aliphatic heterocycles. The fourth-order valence-electron chi connectivity index (χ4n) is 1.53. The van der Waals surface area contributed by atoms with E-state index in [1.165, 1.54) is 12.5 Å². The molecule has 2 aromatic rings. The molecule has 86 valence electrons. The van der Waals surface area contributed by atoms with E-state index in [0.29, 0.717) is 16.6 Å². The second-order valence-electron chi connectivity index (χ2n) is 3.41. The van der Waals surface area contributed by atoms with Crippen molar-refractivity contribution in [1.82, 2.24) is 15.0 Å². The lowest BCUT2D eigenvalue weighted by Crippen LogP contribution is -2.08. The lowest BCUT2D eigenvalue weighted by atomic mass is 10.1. The summed E-state index contributed by atoms with van der Waals surface area (Å²) in [4.78, 5) is 10.4. The smallest absolute Gasteiger partial charge is 0.383 e. The maximum absolute atomic E-state index is 12.1. The molecule has 2 heterocycles. The highest BCUT2D eigenvalue weighted by atomic mass is 19.4. The minimum Gasteiger partial charge on any atom is -0.383 e. The van der Waals surface area contributed by atoms with Crippen LogP contribution in [0.5, 0.6) is 0 Å². The molecule has 16 heavy (non-hydrogen) atoms. The molecule has 0 atom stereocenters. The summed E-state index contributed by atoms with van der Waals surface area (Å²) in [6.45, 7) is 0. The van der Waals surface area contributed by atoms with Gasteiger partial charge in [-0.25, -0.2) is 9.97 Å². The standard InChI is InChI=1S/C9H9F3N4/c10-9(11,12)2-1-5-3-14-8-6(5)7(13)15-4-16-8/h3-4H,1-2H2,(H3,13,14,15,16). The molecule has 0 unspecified atom stereocenters. The summed E-state index contributed by atoms with van der Waals surface area (Å²) in [6.07, 6.45) is -2.42. The summed E-state index contributed by atoms with van der Waals surface area (Å²) in [6, 6.07) is 0. The number of aryl methyl sites for hydroxylation is 1. The first-order chi connectivity index (χ1) is 7.47. The summed E-state index contributed by atoms with van der Waals surface area (Å²) in [5.74, 6) is 0.198. The van der Waals surface area contributed by atoms with Crippen LogP contribution in [-0.2, 0) is 6.42 Å². The van der Waals surface area contributed by atoms with Gasteiger partial charge in [0.05, 0.1) is 5.39 Å². The summed E-state index contributed by atoms with van der Waals surface area (Å²) in [7, 11) is 0. The summed E-state index contributed by atoms with van der Waals surface area (Å²) >= 11 is 0. The highest BCUT2D eigenvalue weighted by molar-refractivity contribution is 5.89. The Morgan fingerprint density at radius 3 is 2.75 bits per heavy atom. The van der Waals surface area contributed by atoms with E-state index in [4.69, 9.17) is 5.73 Å². The summed E-state index contributed by atoms with van der Waals surface area (Å²) in [5, 5.41) is 0.478. The molecule has 0 radical (unpaired) electrons. The molecule has 4 nitrogen and oxygen atoms in total. The molecule has 0 bridgehead atoms. The lowest BCUT2D eigenvalue weighted by molar-refractivity contribution is -0.133. The Morgan fingerprint density at radius 1 is 1.31 bits per heavy atom. The number of fused-ring (bicyclic) bond motifs is 1. The molecule has 0 saturated heterocycles. The zero-order valence-corrected chi connectivity index (χ0v) is 8.17. The highest BCUT2D eigenvalue weighted by Gasteiger charge is 2.27. The number of H-pyrrole nitrogens is 1. The van der Waals surface area contributed by atoms with Crippen LogP contribution >= 0.6 is 0 Å². The SMILES string of the molecule is Nc1ncnc2[nH]cc(CCC(F)(F)F)c12. The zero-order valence-electron chi connectivity index (χ0n) is 8.17. The molecular formula is C9H9F3N4. The largest absolute Gasteiger partial charge is 0.389 e. The number of hydrogen-bond donors (Lipinski definition) is 2. The van der Waals surface area contributed by atoms with E-state index >= 15 is 0 Å². The minimum absolute atomic E-state index is 0.124. The van der Waals surface area contributed by atoms with E-state index in [1.807, 2.05) is 0 Å². The fraction of sp³-hybridized carbons (Fsp3) is 0.333. The first kappa shape index (κ1) is 10.7. The van der Waals surface area contributed by atoms with E-state index < -0.39 is 12.6 Å². The molecule has 0 aliphatic carbocycles. The Hall–Kier alpha value is -1.79. The van der Waals surface area contributed by atoms with Gasteiger partial charge >= 0.3 is 6.18 Å². The van der Waals surface area contributed by atoms with E-state index in [-0.39, 0.29) is 12.2 Å². The Kier molecular flexibility index (Phi) is 2.45. The van der Waals surface area contributed by atoms with Crippen molar-refractivity contribution in [2.24, 2.45) is 0 Å². The summed E-state index contributed by atoms with van der Waals surface area (Å²) in [5.41, 5.74) is 6.54. The van der Waals surface area contributed by atoms with Crippen LogP contribution in [0.25, 0.3) is 11.0 Å². The van der Waals surface area contributed by atoms with Gasteiger partial charge in [-0.15, -0.1) is 0 Å². The number of nitrogen functional groups attached to an aromatic ring is 1. The van der Waals surface area contributed by atoms with Crippen LogP contribution < -0.4 is 5.73 Å². The van der Waals surface area contributed by atoms with Crippen molar-refractivity contribution in [2.45, 2.75) is 19.0 Å². The van der Waals surface area contributed by atoms with Gasteiger partial charge in [-0.1, -0.05) is 0 Å². The molecule has 0 aromatic carbocycles. The normalized spacial score (nSPS) is 12.2. The number of halogens is 3. The van der Waals surface area contributed by atoms with Crippen LogP contribution in [0.3, 0.4) is 0 Å². The van der Waals surface area contributed by atoms with Crippen LogP contribution in [0, 0.1) is 0 Å². The minimum atomic E-state index is -4.17. The Balaban J connectivity index is 2.32. The van der Waals surface area contributed by atoms with Gasteiger partial charge in [0, 0.05) is 12.6 Å². The Labute approximate surface area is 88.7 Å². The fourth-order valence-corrected chi connectivity index (χ4v) is 1.53. The number of aromatic nitrogens is 3. The van der Waals surface area contributed by atoms with Gasteiger partial charge in [-0.3, -0.25) is 0 Å². The van der Waals surface area contributed by atoms with E-state index in [9.17, 15) is 13.2 Å². The third kappa shape index (κ3) is 2.07. The maximum Gasteiger partial charge on any atom is 0.389 e. The third-order valence-corrected chi connectivity index (χ3v) is 2.26. The summed E-state index contributed by atoms with van der Waals surface area (Å²) < 4.78 is 36.2. The van der Waals surface area contributed by atoms with Gasteiger partial charge < -0.3 is 10.7 Å². The van der Waals surface area contributed by atoms with Crippen LogP contribution in [0.4, 0.5) is 19.0 Å². The number of alkyl halides is 3. The molecule has 0 spiro atoms. The number of aromatic amines is 1. The van der Waals surface area contributed by atoms with Crippen molar-refractivity contribution in [2.75, 3.05) is 5.73 Å². The molecule has 0 amide bonds. The van der Waals surface area contributed by atoms with Crippen LogP contribution in [0.15, 0.2) is 12.5 Å². The van der Waals surface area contributed by atoms with Gasteiger partial charge in [0.25, 0.3) is 0 Å². The van der Waals surface area contributed by atoms with Gasteiger partial charge in [-0.2, -0.15) is 13.2 Å². The molecule has 2 aromatic heterocycles. The second-order valence-corrected chi connectivity index (χ2v) is 3.41. The number of nitrogens with zero attached hydrogens (tertiary/aromatic N) is 2. The van der Waals surface area contributed by atoms with Crippen LogP contribution in [-0.4, -0.2) is 21.1 Å². The average Bonchev–Trinajstić information content (AvgIpc) is 2.58. The predicted molar refractivity (Wildman–Crippen MR) is 52.7 cm³/mol. The molecule has 7 heteroatoms. The predicted octanol–water partition coefficient (Wildman–Crippen LogP) is 2.04. The molecule has 0 saturated carbocycles. The highest BCUT2D eigenvalue weighted by Crippen LogP contribution is 2.26. The van der Waals surface area contributed by atoms with Gasteiger partial charge in [0.2, 0.25) is 0 Å². The van der Waals surface area contributed by atoms with E-state index in [0.717, 1.165) is 0 Å². The Morgan fingerprint density at radius 2 is 2.06 bits per heavy atom. The Bertz CT molecular complexity index is 503. The molecule has 3 N–H and O–H groups in total. The van der Waals surface area contributed by atoms with Crippen molar-refractivity contribution >= 4 is 16.9 Å². The van der Waals surface area contributed by atoms with E-state index in [2.05, 4.69) is 15.0 Å². The molecule has 0 fully saturated rings. The van der Waals surface area contributed by atoms with Crippen molar-refractivity contribution in [3.05, 3.63) is 18.1 Å². The van der Waals surface area contributed by atoms with Crippen molar-refractivity contribution in [3.8, 4) is 0 Å². The van der Waals surface area contributed by atoms with Crippen molar-refractivity contribution in [3.63, 3.8) is 0 Å². The maximum atomic E-state index is 12.1. The van der Waals surface area contributed by atoms with Crippen molar-refractivity contribution < 1.29 is 13.2 Å². The quantitative estimate of drug-likeness (QED) is 0.829. The molecule has 2 rings (SSSR count). The third-order valence-electron chi connectivity index (χ3n) is 2.26. The molecule has 0 aliphatic rings. The number of nitrogens with two attached hydrogens (primary N) is 1. The first-order valence-corrected chi connectivity index (χ1v) is 4.60. The lowest BCUT2D eigenvalue weighted by Gasteiger charge is -2.05. The number of nitrogens with one attached hydrogen (secondary N) is 1. The average molecular weight is 230 g/mol. The van der Waals surface area contributed by atoms with Crippen molar-refractivity contribution in [1.29, 1.82) is 0 Å². The zero-order chi connectivity index (χ0) is 11.8. The topological polar surface area (TPSA) is 67.6 Å². The van der Waals surface area contributed by atoms with Gasteiger partial charge in [-0.05, 0) is 12.0 Å². The second kappa shape index (κ2) is 3.66. The number of rotatable bonds is 2. The van der Waals surface area contributed by atoms with Gasteiger partial charge in [0.1, 0.15) is 17.8 Å². The van der Waals surface area contributed by atoms with Crippen LogP contribution in [0.1, 0.15) is 12.0 Å². The van der Waals surface area contributed by atoms with Gasteiger partial charge in [0.15, 0.2) is 0 Å². The molecular weight excluding hydrogens is 221 g/mol. The monoisotopic (exact) mass is 230 g/mol. The number of hydrogen-bond acceptors (Lipinski definition) is 3. The number of anilines is 1. The van der Waals surface area contributed by atoms with Crippen LogP contribution in [0.2, 0.25) is 0 Å². The first-order valence-electron chi connectivity index (χ1n) is 4.60.